The fourth-order valence-corrected chi connectivity index (χ4v) is 3.52. The number of hydrogen-bond acceptors (Lipinski definition) is 4. The number of carbonyl (C=O) groups is 1. The summed E-state index contributed by atoms with van der Waals surface area (Å²) in [6, 6.07) is 8.72. The van der Waals surface area contributed by atoms with Crippen molar-refractivity contribution in [1.29, 1.82) is 5.26 Å². The molecule has 2 aromatic rings. The van der Waals surface area contributed by atoms with Crippen LogP contribution in [0.3, 0.4) is 0 Å². The summed E-state index contributed by atoms with van der Waals surface area (Å²) in [5.74, 6) is -0.350. The number of rotatable bonds is 4. The molecule has 5 nitrogen and oxygen atoms in total. The quantitative estimate of drug-likeness (QED) is 0.625. The van der Waals surface area contributed by atoms with E-state index < -0.39 is 23.7 Å². The van der Waals surface area contributed by atoms with E-state index in [9.17, 15) is 31.1 Å². The Labute approximate surface area is 179 Å². The summed E-state index contributed by atoms with van der Waals surface area (Å²) >= 11 is 0. The Morgan fingerprint density at radius 1 is 0.938 bits per heavy atom. The number of anilines is 1. The van der Waals surface area contributed by atoms with Gasteiger partial charge in [-0.1, -0.05) is 6.07 Å². The molecule has 0 radical (unpaired) electrons. The Kier molecular flexibility index (Phi) is 6.62. The van der Waals surface area contributed by atoms with Crippen molar-refractivity contribution in [3.05, 3.63) is 58.9 Å². The zero-order chi connectivity index (χ0) is 23.5. The van der Waals surface area contributed by atoms with E-state index in [2.05, 4.69) is 15.6 Å². The van der Waals surface area contributed by atoms with Crippen LogP contribution in [0.2, 0.25) is 0 Å². The van der Waals surface area contributed by atoms with Crippen LogP contribution in [0, 0.1) is 11.3 Å². The minimum atomic E-state index is -5.01. The van der Waals surface area contributed by atoms with Crippen LogP contribution in [0.15, 0.2) is 36.4 Å². The molecule has 0 spiro atoms. The minimum Gasteiger partial charge on any atom is -0.382 e. The zero-order valence-corrected chi connectivity index (χ0v) is 16.5. The molecular formula is C21H18F6N4O. The van der Waals surface area contributed by atoms with Gasteiger partial charge in [-0.15, -0.1) is 0 Å². The topological polar surface area (TPSA) is 77.8 Å². The molecule has 1 amide bonds. The summed E-state index contributed by atoms with van der Waals surface area (Å²) in [6.07, 6.45) is -8.16. The van der Waals surface area contributed by atoms with Crippen molar-refractivity contribution >= 4 is 11.6 Å². The van der Waals surface area contributed by atoms with Crippen LogP contribution in [-0.4, -0.2) is 23.0 Å². The van der Waals surface area contributed by atoms with Gasteiger partial charge < -0.3 is 10.6 Å². The number of aromatic nitrogens is 1. The van der Waals surface area contributed by atoms with Crippen molar-refractivity contribution < 1.29 is 31.1 Å². The van der Waals surface area contributed by atoms with Gasteiger partial charge in [0.1, 0.15) is 11.4 Å². The lowest BCUT2D eigenvalue weighted by atomic mass is 9.90. The van der Waals surface area contributed by atoms with Crippen molar-refractivity contribution in [1.82, 2.24) is 10.3 Å². The highest BCUT2D eigenvalue weighted by molar-refractivity contribution is 5.94. The first-order valence-electron chi connectivity index (χ1n) is 9.70. The number of benzene rings is 1. The van der Waals surface area contributed by atoms with E-state index in [1.165, 1.54) is 6.07 Å². The number of halogens is 6. The highest BCUT2D eigenvalue weighted by Crippen LogP contribution is 2.35. The molecule has 1 saturated carbocycles. The van der Waals surface area contributed by atoms with Crippen molar-refractivity contribution in [2.24, 2.45) is 0 Å². The highest BCUT2D eigenvalue weighted by atomic mass is 19.4. The summed E-state index contributed by atoms with van der Waals surface area (Å²) in [4.78, 5) is 15.1. The lowest BCUT2D eigenvalue weighted by Gasteiger charge is -2.30. The Balaban J connectivity index is 1.62. The molecule has 2 N–H and O–H groups in total. The van der Waals surface area contributed by atoms with Crippen molar-refractivity contribution in [3.8, 4) is 6.07 Å². The maximum absolute atomic E-state index is 13.0. The molecule has 1 aromatic heterocycles. The molecule has 11 heteroatoms. The first kappa shape index (κ1) is 23.4. The van der Waals surface area contributed by atoms with Gasteiger partial charge in [0.2, 0.25) is 0 Å². The number of pyridine rings is 1. The molecule has 170 valence electrons. The third-order valence-corrected chi connectivity index (χ3v) is 5.09. The van der Waals surface area contributed by atoms with Gasteiger partial charge in [-0.2, -0.15) is 31.6 Å². The Morgan fingerprint density at radius 3 is 2.03 bits per heavy atom. The molecule has 0 unspecified atom stereocenters. The average molecular weight is 456 g/mol. The smallest absolute Gasteiger partial charge is 0.382 e. The van der Waals surface area contributed by atoms with E-state index in [4.69, 9.17) is 5.26 Å². The Bertz CT molecular complexity index is 988. The molecule has 0 atom stereocenters. The van der Waals surface area contributed by atoms with E-state index in [1.807, 2.05) is 6.07 Å². The van der Waals surface area contributed by atoms with Gasteiger partial charge in [0, 0.05) is 23.3 Å². The molecule has 0 aliphatic heterocycles. The molecule has 32 heavy (non-hydrogen) atoms. The predicted molar refractivity (Wildman–Crippen MR) is 103 cm³/mol. The van der Waals surface area contributed by atoms with Gasteiger partial charge in [0.25, 0.3) is 5.91 Å². The maximum Gasteiger partial charge on any atom is 0.433 e. The second-order valence-corrected chi connectivity index (χ2v) is 7.48. The third-order valence-electron chi connectivity index (χ3n) is 5.09. The minimum absolute atomic E-state index is 0.194. The standard InChI is InChI=1S/C21H18F6N4O/c22-20(23,24)17-9-16(10-18(31-17)21(25,26)27)29-14-4-6-15(7-5-14)30-19(32)13-3-1-2-12(8-13)11-28/h1-3,8-10,14-15H,4-7H2,(H,29,31)(H,30,32)/t14-,15+. The average Bonchev–Trinajstić information content (AvgIpc) is 2.73. The number of hydrogen-bond donors (Lipinski definition) is 2. The summed E-state index contributed by atoms with van der Waals surface area (Å²) < 4.78 is 77.8. The van der Waals surface area contributed by atoms with Crippen LogP contribution >= 0.6 is 0 Å². The lowest BCUT2D eigenvalue weighted by Crippen LogP contribution is -2.40. The number of amides is 1. The SMILES string of the molecule is N#Cc1cccc(C(=O)N[C@H]2CC[C@@H](Nc3cc(C(F)(F)F)nc(C(F)(F)F)c3)CC2)c1. The molecule has 1 aliphatic rings. The van der Waals surface area contributed by atoms with E-state index >= 15 is 0 Å². The zero-order valence-electron chi connectivity index (χ0n) is 16.5. The third kappa shape index (κ3) is 5.90. The van der Waals surface area contributed by atoms with Gasteiger partial charge in [0.15, 0.2) is 0 Å². The van der Waals surface area contributed by atoms with Crippen LogP contribution in [0.4, 0.5) is 32.0 Å². The highest BCUT2D eigenvalue weighted by Gasteiger charge is 2.39. The first-order chi connectivity index (χ1) is 15.0. The molecule has 0 saturated heterocycles. The van der Waals surface area contributed by atoms with Gasteiger partial charge in [-0.05, 0) is 56.0 Å². The summed E-state index contributed by atoms with van der Waals surface area (Å²) in [5.41, 5.74) is -2.86. The van der Waals surface area contributed by atoms with E-state index in [0.29, 0.717) is 48.9 Å². The fourth-order valence-electron chi connectivity index (χ4n) is 3.52. The van der Waals surface area contributed by atoms with Crippen LogP contribution in [-0.2, 0) is 12.4 Å². The van der Waals surface area contributed by atoms with Crippen LogP contribution in [0.5, 0.6) is 0 Å². The molecule has 1 fully saturated rings. The Morgan fingerprint density at radius 2 is 1.50 bits per heavy atom. The molecule has 3 rings (SSSR count). The van der Waals surface area contributed by atoms with Gasteiger partial charge in [0.05, 0.1) is 11.6 Å². The maximum atomic E-state index is 13.0. The number of alkyl halides is 6. The molecular weight excluding hydrogens is 438 g/mol. The summed E-state index contributed by atoms with van der Waals surface area (Å²) in [7, 11) is 0. The van der Waals surface area contributed by atoms with Gasteiger partial charge in [-0.3, -0.25) is 4.79 Å². The number of nitrogens with zero attached hydrogens (tertiary/aromatic N) is 2. The van der Waals surface area contributed by atoms with Gasteiger partial charge >= 0.3 is 12.4 Å². The Hall–Kier alpha value is -3.29. The second kappa shape index (κ2) is 9.06. The molecule has 1 aromatic carbocycles. The van der Waals surface area contributed by atoms with Crippen LogP contribution in [0.25, 0.3) is 0 Å². The number of carbonyl (C=O) groups excluding carboxylic acids is 1. The summed E-state index contributed by atoms with van der Waals surface area (Å²) in [5, 5.41) is 14.5. The molecule has 1 aliphatic carbocycles. The van der Waals surface area contributed by atoms with Crippen LogP contribution in [0.1, 0.15) is 53.0 Å². The number of nitrogens with one attached hydrogen (secondary N) is 2. The fraction of sp³-hybridized carbons (Fsp3) is 0.381. The van der Waals surface area contributed by atoms with E-state index in [1.54, 1.807) is 18.2 Å². The van der Waals surface area contributed by atoms with Crippen LogP contribution < -0.4 is 10.6 Å². The van der Waals surface area contributed by atoms with Crippen molar-refractivity contribution in [2.75, 3.05) is 5.32 Å². The predicted octanol–water partition coefficient (Wildman–Crippen LogP) is 5.14. The monoisotopic (exact) mass is 456 g/mol. The molecule has 0 bridgehead atoms. The van der Waals surface area contributed by atoms with E-state index in [-0.39, 0.29) is 23.7 Å². The summed E-state index contributed by atoms with van der Waals surface area (Å²) in [6.45, 7) is 0. The first-order valence-corrected chi connectivity index (χ1v) is 9.70. The van der Waals surface area contributed by atoms with Crippen molar-refractivity contribution in [2.45, 2.75) is 50.1 Å². The van der Waals surface area contributed by atoms with Crippen molar-refractivity contribution in [3.63, 3.8) is 0 Å². The normalized spacial score (nSPS) is 19.2. The van der Waals surface area contributed by atoms with Gasteiger partial charge in [-0.25, -0.2) is 4.98 Å². The van der Waals surface area contributed by atoms with E-state index in [0.717, 1.165) is 0 Å². The lowest BCUT2D eigenvalue weighted by molar-refractivity contribution is -0.150. The number of nitriles is 1. The largest absolute Gasteiger partial charge is 0.433 e. The second-order valence-electron chi connectivity index (χ2n) is 7.48. The molecule has 1 heterocycles.